The van der Waals surface area contributed by atoms with E-state index in [1.165, 1.54) is 0 Å². The Labute approximate surface area is 140 Å². The van der Waals surface area contributed by atoms with Crippen LogP contribution in [0.1, 0.15) is 5.69 Å². The second kappa shape index (κ2) is 7.56. The van der Waals surface area contributed by atoms with E-state index in [4.69, 9.17) is 4.74 Å². The number of ether oxygens (including phenoxy) is 1. The highest BCUT2D eigenvalue weighted by Crippen LogP contribution is 2.22. The first-order valence-electron chi connectivity index (χ1n) is 7.71. The van der Waals surface area contributed by atoms with E-state index in [1.54, 1.807) is 7.11 Å². The van der Waals surface area contributed by atoms with Crippen molar-refractivity contribution in [2.24, 2.45) is 0 Å². The third-order valence-corrected chi connectivity index (χ3v) is 3.33. The molecular formula is C17H20N6O. The van der Waals surface area contributed by atoms with Crippen LogP contribution in [0.2, 0.25) is 0 Å². The van der Waals surface area contributed by atoms with Crippen LogP contribution in [0.15, 0.2) is 42.5 Å². The van der Waals surface area contributed by atoms with Gasteiger partial charge in [0.2, 0.25) is 0 Å². The summed E-state index contributed by atoms with van der Waals surface area (Å²) in [5, 5.41) is 13.5. The first-order chi connectivity index (χ1) is 11.7. The molecule has 0 aliphatic rings. The fourth-order valence-corrected chi connectivity index (χ4v) is 2.21. The summed E-state index contributed by atoms with van der Waals surface area (Å²) >= 11 is 0. The molecule has 2 aromatic heterocycles. The molecule has 0 atom stereocenters. The Morgan fingerprint density at radius 1 is 1.04 bits per heavy atom. The molecule has 7 nitrogen and oxygen atoms in total. The number of nitrogens with one attached hydrogen (secondary N) is 3. The molecule has 1 aromatic carbocycles. The van der Waals surface area contributed by atoms with Crippen molar-refractivity contribution in [3.05, 3.63) is 48.2 Å². The number of H-pyrrole nitrogens is 1. The lowest BCUT2D eigenvalue weighted by Gasteiger charge is -2.10. The maximum atomic E-state index is 5.07. The normalized spacial score (nSPS) is 10.6. The van der Waals surface area contributed by atoms with Crippen LogP contribution < -0.4 is 10.6 Å². The lowest BCUT2D eigenvalue weighted by Crippen LogP contribution is -2.10. The molecule has 0 aliphatic heterocycles. The zero-order valence-corrected chi connectivity index (χ0v) is 13.7. The average molecular weight is 324 g/mol. The monoisotopic (exact) mass is 324 g/mol. The lowest BCUT2D eigenvalue weighted by molar-refractivity contribution is 0.210. The molecule has 0 fully saturated rings. The third kappa shape index (κ3) is 4.08. The van der Waals surface area contributed by atoms with Crippen LogP contribution in [0.25, 0.3) is 11.4 Å². The van der Waals surface area contributed by atoms with Crippen LogP contribution in [0, 0.1) is 6.92 Å². The molecule has 124 valence electrons. The minimum absolute atomic E-state index is 0.603. The second-order valence-electron chi connectivity index (χ2n) is 5.31. The van der Waals surface area contributed by atoms with Gasteiger partial charge in [-0.3, -0.25) is 5.10 Å². The van der Waals surface area contributed by atoms with Crippen LogP contribution in [0.4, 0.5) is 17.5 Å². The van der Waals surface area contributed by atoms with E-state index in [0.717, 1.165) is 17.1 Å². The summed E-state index contributed by atoms with van der Waals surface area (Å²) in [6, 6.07) is 13.6. The largest absolute Gasteiger partial charge is 0.383 e. The smallest absolute Gasteiger partial charge is 0.163 e. The molecule has 7 heteroatoms. The van der Waals surface area contributed by atoms with Gasteiger partial charge in [-0.2, -0.15) is 5.10 Å². The molecule has 3 aromatic rings. The van der Waals surface area contributed by atoms with Crippen molar-refractivity contribution >= 4 is 17.5 Å². The zero-order valence-electron chi connectivity index (χ0n) is 13.7. The summed E-state index contributed by atoms with van der Waals surface area (Å²) in [5.41, 5.74) is 1.93. The molecule has 0 bridgehead atoms. The predicted molar refractivity (Wildman–Crippen MR) is 94.4 cm³/mol. The Morgan fingerprint density at radius 2 is 1.83 bits per heavy atom. The SMILES string of the molecule is COCCNc1cc(Nc2cc(C)[nH]n2)nc(-c2ccccc2)n1. The summed E-state index contributed by atoms with van der Waals surface area (Å²) in [6.07, 6.45) is 0. The molecule has 24 heavy (non-hydrogen) atoms. The first-order valence-corrected chi connectivity index (χ1v) is 7.71. The van der Waals surface area contributed by atoms with Gasteiger partial charge in [0.15, 0.2) is 11.6 Å². The Kier molecular flexibility index (Phi) is 5.02. The van der Waals surface area contributed by atoms with Crippen LogP contribution in [0.3, 0.4) is 0 Å². The summed E-state index contributed by atoms with van der Waals surface area (Å²) in [6.45, 7) is 3.22. The minimum Gasteiger partial charge on any atom is -0.383 e. The number of aryl methyl sites for hydroxylation is 1. The van der Waals surface area contributed by atoms with Gasteiger partial charge in [0.05, 0.1) is 6.61 Å². The van der Waals surface area contributed by atoms with Crippen molar-refractivity contribution < 1.29 is 4.74 Å². The number of methoxy groups -OCH3 is 1. The molecule has 2 heterocycles. The van der Waals surface area contributed by atoms with E-state index >= 15 is 0 Å². The van der Waals surface area contributed by atoms with Crippen LogP contribution in [0.5, 0.6) is 0 Å². The second-order valence-corrected chi connectivity index (χ2v) is 5.31. The van der Waals surface area contributed by atoms with Crippen molar-refractivity contribution in [1.29, 1.82) is 0 Å². The fraction of sp³-hybridized carbons (Fsp3) is 0.235. The van der Waals surface area contributed by atoms with E-state index in [9.17, 15) is 0 Å². The Balaban J connectivity index is 1.90. The molecule has 0 amide bonds. The number of aromatic amines is 1. The summed E-state index contributed by atoms with van der Waals surface area (Å²) < 4.78 is 5.07. The van der Waals surface area contributed by atoms with Gasteiger partial charge in [-0.15, -0.1) is 0 Å². The van der Waals surface area contributed by atoms with Gasteiger partial charge >= 0.3 is 0 Å². The molecule has 0 radical (unpaired) electrons. The van der Waals surface area contributed by atoms with E-state index in [1.807, 2.05) is 49.4 Å². The van der Waals surface area contributed by atoms with Crippen molar-refractivity contribution in [3.8, 4) is 11.4 Å². The molecule has 0 saturated carbocycles. The quantitative estimate of drug-likeness (QED) is 0.579. The summed E-state index contributed by atoms with van der Waals surface area (Å²) in [4.78, 5) is 9.17. The van der Waals surface area contributed by atoms with E-state index < -0.39 is 0 Å². The molecular weight excluding hydrogens is 304 g/mol. The topological polar surface area (TPSA) is 87.8 Å². The molecule has 0 unspecified atom stereocenters. The number of hydrogen-bond donors (Lipinski definition) is 3. The van der Waals surface area contributed by atoms with Crippen molar-refractivity contribution in [2.75, 3.05) is 30.9 Å². The number of anilines is 3. The zero-order chi connectivity index (χ0) is 16.8. The Hall–Kier alpha value is -2.93. The summed E-state index contributed by atoms with van der Waals surface area (Å²) in [5.74, 6) is 2.77. The van der Waals surface area contributed by atoms with Crippen molar-refractivity contribution in [3.63, 3.8) is 0 Å². The van der Waals surface area contributed by atoms with Crippen LogP contribution >= 0.6 is 0 Å². The van der Waals surface area contributed by atoms with Gasteiger partial charge in [0, 0.05) is 37.0 Å². The maximum absolute atomic E-state index is 5.07. The molecule has 0 aliphatic carbocycles. The fourth-order valence-electron chi connectivity index (χ4n) is 2.21. The number of rotatable bonds is 7. The molecule has 3 N–H and O–H groups in total. The third-order valence-electron chi connectivity index (χ3n) is 3.33. The van der Waals surface area contributed by atoms with E-state index in [2.05, 4.69) is 30.8 Å². The number of benzene rings is 1. The van der Waals surface area contributed by atoms with Gasteiger partial charge in [0.1, 0.15) is 11.6 Å². The Morgan fingerprint density at radius 3 is 2.54 bits per heavy atom. The van der Waals surface area contributed by atoms with Crippen LogP contribution in [-0.4, -0.2) is 40.4 Å². The van der Waals surface area contributed by atoms with Crippen molar-refractivity contribution in [1.82, 2.24) is 20.2 Å². The number of nitrogens with zero attached hydrogens (tertiary/aromatic N) is 3. The van der Waals surface area contributed by atoms with Crippen LogP contribution in [-0.2, 0) is 4.74 Å². The average Bonchev–Trinajstić information content (AvgIpc) is 3.00. The molecule has 3 rings (SSSR count). The van der Waals surface area contributed by atoms with Gasteiger partial charge in [-0.1, -0.05) is 30.3 Å². The lowest BCUT2D eigenvalue weighted by atomic mass is 10.2. The highest BCUT2D eigenvalue weighted by Gasteiger charge is 2.08. The van der Waals surface area contributed by atoms with Gasteiger partial charge in [-0.05, 0) is 6.92 Å². The van der Waals surface area contributed by atoms with E-state index in [0.29, 0.717) is 30.6 Å². The van der Waals surface area contributed by atoms with Crippen molar-refractivity contribution in [2.45, 2.75) is 6.92 Å². The van der Waals surface area contributed by atoms with Gasteiger partial charge in [-0.25, -0.2) is 9.97 Å². The number of hydrogen-bond acceptors (Lipinski definition) is 6. The van der Waals surface area contributed by atoms with Gasteiger partial charge in [0.25, 0.3) is 0 Å². The summed E-state index contributed by atoms with van der Waals surface area (Å²) in [7, 11) is 1.67. The van der Waals surface area contributed by atoms with Gasteiger partial charge < -0.3 is 15.4 Å². The highest BCUT2D eigenvalue weighted by molar-refractivity contribution is 5.63. The molecule has 0 saturated heterocycles. The standard InChI is InChI=1S/C17H20N6O/c1-12-10-16(23-22-12)19-15-11-14(18-8-9-24-2)20-17(21-15)13-6-4-3-5-7-13/h3-7,10-11H,8-9H2,1-2H3,(H3,18,19,20,21,22,23). The maximum Gasteiger partial charge on any atom is 0.163 e. The predicted octanol–water partition coefficient (Wildman–Crippen LogP) is 2.98. The molecule has 0 spiro atoms. The van der Waals surface area contributed by atoms with E-state index in [-0.39, 0.29) is 0 Å². The highest BCUT2D eigenvalue weighted by atomic mass is 16.5. The number of aromatic nitrogens is 4. The minimum atomic E-state index is 0.603. The first kappa shape index (κ1) is 15.9. The Bertz CT molecular complexity index is 787.